The minimum atomic E-state index is -0.954. The van der Waals surface area contributed by atoms with Crippen molar-refractivity contribution in [2.45, 2.75) is 0 Å². The lowest BCUT2D eigenvalue weighted by Crippen LogP contribution is -2.14. The number of halogens is 1. The summed E-state index contributed by atoms with van der Waals surface area (Å²) in [7, 11) is 0. The monoisotopic (exact) mass is 357 g/mol. The van der Waals surface area contributed by atoms with Crippen LogP contribution in [0.15, 0.2) is 64.2 Å². The molecule has 0 amide bonds. The molecule has 0 saturated carbocycles. The van der Waals surface area contributed by atoms with Crippen LogP contribution in [0.25, 0.3) is 5.76 Å². The zero-order valence-corrected chi connectivity index (χ0v) is 13.1. The molecule has 2 aromatic carbocycles. The number of aromatic carboxylic acids is 1. The molecule has 0 aliphatic carbocycles. The molecule has 0 saturated heterocycles. The zero-order valence-electron chi connectivity index (χ0n) is 11.5. The maximum atomic E-state index is 11.0. The maximum absolute atomic E-state index is 11.0. The van der Waals surface area contributed by atoms with Crippen molar-refractivity contribution in [3.05, 3.63) is 75.9 Å². The molecule has 110 valence electrons. The second-order valence-electron chi connectivity index (χ2n) is 4.75. The van der Waals surface area contributed by atoms with Crippen LogP contribution in [-0.4, -0.2) is 23.4 Å². The van der Waals surface area contributed by atoms with Crippen LogP contribution >= 0.6 is 15.9 Å². The molecule has 1 aliphatic rings. The molecule has 0 fully saturated rings. The van der Waals surface area contributed by atoms with Gasteiger partial charge in [0.1, 0.15) is 12.4 Å². The Kier molecular flexibility index (Phi) is 4.06. The lowest BCUT2D eigenvalue weighted by atomic mass is 10.1. The number of benzene rings is 2. The fourth-order valence-electron chi connectivity index (χ4n) is 2.15. The molecule has 2 aromatic rings. The fraction of sp³-hybridized carbons (Fsp3) is 0.0588. The van der Waals surface area contributed by atoms with Gasteiger partial charge in [-0.2, -0.15) is 0 Å². The standard InChI is InChI=1S/C17H12BrNO3/c18-14-6-2-4-12(8-14)16-9-19-15(10-22-16)11-3-1-5-13(7-11)17(20)21/h1-9H,10H2,(H,20,21). The number of hydrogen-bond donors (Lipinski definition) is 1. The molecule has 0 aromatic heterocycles. The Hall–Kier alpha value is -2.40. The van der Waals surface area contributed by atoms with Crippen LogP contribution in [0.4, 0.5) is 0 Å². The number of carbonyl (C=O) groups is 1. The van der Waals surface area contributed by atoms with Gasteiger partial charge in [-0.15, -0.1) is 0 Å². The summed E-state index contributed by atoms with van der Waals surface area (Å²) in [4.78, 5) is 15.4. The summed E-state index contributed by atoms with van der Waals surface area (Å²) in [5.74, 6) is -0.260. The highest BCUT2D eigenvalue weighted by Gasteiger charge is 2.14. The predicted molar refractivity (Wildman–Crippen MR) is 88.0 cm³/mol. The second-order valence-corrected chi connectivity index (χ2v) is 5.67. The van der Waals surface area contributed by atoms with Gasteiger partial charge in [-0.1, -0.05) is 40.2 Å². The van der Waals surface area contributed by atoms with E-state index in [-0.39, 0.29) is 5.56 Å². The van der Waals surface area contributed by atoms with Crippen molar-refractivity contribution in [1.82, 2.24) is 0 Å². The highest BCUT2D eigenvalue weighted by atomic mass is 79.9. The summed E-state index contributed by atoms with van der Waals surface area (Å²) in [6.07, 6.45) is 1.66. The molecule has 3 rings (SSSR count). The topological polar surface area (TPSA) is 58.9 Å². The molecule has 22 heavy (non-hydrogen) atoms. The molecule has 0 spiro atoms. The first-order valence-corrected chi connectivity index (χ1v) is 7.42. The van der Waals surface area contributed by atoms with E-state index in [4.69, 9.17) is 9.84 Å². The van der Waals surface area contributed by atoms with Gasteiger partial charge in [-0.25, -0.2) is 4.79 Å². The van der Waals surface area contributed by atoms with Crippen LogP contribution in [0, 0.1) is 0 Å². The van der Waals surface area contributed by atoms with Crippen LogP contribution in [0.3, 0.4) is 0 Å². The third-order valence-corrected chi connectivity index (χ3v) is 3.75. The van der Waals surface area contributed by atoms with Crippen molar-refractivity contribution in [2.24, 2.45) is 4.99 Å². The molecular weight excluding hydrogens is 346 g/mol. The lowest BCUT2D eigenvalue weighted by molar-refractivity contribution is 0.0697. The quantitative estimate of drug-likeness (QED) is 0.903. The molecule has 0 unspecified atom stereocenters. The number of hydrogen-bond acceptors (Lipinski definition) is 3. The molecule has 5 heteroatoms. The summed E-state index contributed by atoms with van der Waals surface area (Å²) in [5.41, 5.74) is 2.64. The third-order valence-electron chi connectivity index (χ3n) is 3.25. The van der Waals surface area contributed by atoms with E-state index in [9.17, 15) is 4.79 Å². The average molecular weight is 358 g/mol. The Balaban J connectivity index is 1.89. The number of carboxylic acid groups (broad SMARTS) is 1. The van der Waals surface area contributed by atoms with Crippen LogP contribution in [0.1, 0.15) is 21.5 Å². The van der Waals surface area contributed by atoms with Gasteiger partial charge < -0.3 is 9.84 Å². The molecule has 1 N–H and O–H groups in total. The highest BCUT2D eigenvalue weighted by Crippen LogP contribution is 2.23. The Morgan fingerprint density at radius 2 is 1.91 bits per heavy atom. The Labute approximate surface area is 135 Å². The zero-order chi connectivity index (χ0) is 15.5. The second kappa shape index (κ2) is 6.15. The summed E-state index contributed by atoms with van der Waals surface area (Å²) in [6.45, 7) is 0.307. The number of aliphatic imine (C=N–C) groups is 1. The number of rotatable bonds is 3. The first kappa shape index (κ1) is 14.5. The van der Waals surface area contributed by atoms with E-state index in [1.807, 2.05) is 30.3 Å². The van der Waals surface area contributed by atoms with E-state index in [1.165, 1.54) is 0 Å². The summed E-state index contributed by atoms with van der Waals surface area (Å²) in [5, 5.41) is 9.04. The van der Waals surface area contributed by atoms with Gasteiger partial charge in [0.2, 0.25) is 0 Å². The number of nitrogens with zero attached hydrogens (tertiary/aromatic N) is 1. The maximum Gasteiger partial charge on any atom is 0.335 e. The van der Waals surface area contributed by atoms with E-state index >= 15 is 0 Å². The lowest BCUT2D eigenvalue weighted by Gasteiger charge is -2.16. The van der Waals surface area contributed by atoms with Gasteiger partial charge in [0.05, 0.1) is 17.5 Å². The third kappa shape index (κ3) is 3.09. The van der Waals surface area contributed by atoms with Crippen molar-refractivity contribution in [2.75, 3.05) is 6.61 Å². The summed E-state index contributed by atoms with van der Waals surface area (Å²) >= 11 is 3.42. The molecule has 4 nitrogen and oxygen atoms in total. The number of ether oxygens (including phenoxy) is 1. The van der Waals surface area contributed by atoms with E-state index < -0.39 is 5.97 Å². The van der Waals surface area contributed by atoms with Gasteiger partial charge in [0, 0.05) is 15.6 Å². The predicted octanol–water partition coefficient (Wildman–Crippen LogP) is 3.97. The van der Waals surface area contributed by atoms with Crippen molar-refractivity contribution >= 4 is 33.4 Å². The van der Waals surface area contributed by atoms with Gasteiger partial charge in [-0.3, -0.25) is 4.99 Å². The van der Waals surface area contributed by atoms with Gasteiger partial charge in [0.15, 0.2) is 0 Å². The normalized spacial score (nSPS) is 13.9. The molecule has 1 aliphatic heterocycles. The highest BCUT2D eigenvalue weighted by molar-refractivity contribution is 9.10. The Morgan fingerprint density at radius 1 is 1.14 bits per heavy atom. The van der Waals surface area contributed by atoms with Gasteiger partial charge in [0.25, 0.3) is 0 Å². The summed E-state index contributed by atoms with van der Waals surface area (Å²) < 4.78 is 6.72. The van der Waals surface area contributed by atoms with Crippen LogP contribution < -0.4 is 0 Å². The van der Waals surface area contributed by atoms with E-state index in [0.29, 0.717) is 18.1 Å². The van der Waals surface area contributed by atoms with E-state index in [2.05, 4.69) is 20.9 Å². The smallest absolute Gasteiger partial charge is 0.335 e. The van der Waals surface area contributed by atoms with Crippen LogP contribution in [-0.2, 0) is 4.74 Å². The molecular formula is C17H12BrNO3. The van der Waals surface area contributed by atoms with E-state index in [1.54, 1.807) is 24.4 Å². The minimum absolute atomic E-state index is 0.238. The van der Waals surface area contributed by atoms with Crippen molar-refractivity contribution < 1.29 is 14.6 Å². The van der Waals surface area contributed by atoms with Crippen LogP contribution in [0.5, 0.6) is 0 Å². The largest absolute Gasteiger partial charge is 0.485 e. The first-order valence-electron chi connectivity index (χ1n) is 6.63. The van der Waals surface area contributed by atoms with Crippen molar-refractivity contribution in [3.8, 4) is 0 Å². The Morgan fingerprint density at radius 3 is 2.59 bits per heavy atom. The molecule has 0 radical (unpaired) electrons. The minimum Gasteiger partial charge on any atom is -0.485 e. The molecule has 0 atom stereocenters. The van der Waals surface area contributed by atoms with E-state index in [0.717, 1.165) is 15.6 Å². The Bertz CT molecular complexity index is 796. The SMILES string of the molecule is O=C(O)c1cccc(C2=NC=C(c3cccc(Br)c3)OC2)c1. The summed E-state index contributed by atoms with van der Waals surface area (Å²) in [6, 6.07) is 14.5. The van der Waals surface area contributed by atoms with Crippen LogP contribution in [0.2, 0.25) is 0 Å². The first-order chi connectivity index (χ1) is 10.6. The van der Waals surface area contributed by atoms with Crippen molar-refractivity contribution in [3.63, 3.8) is 0 Å². The average Bonchev–Trinajstić information content (AvgIpc) is 2.55. The van der Waals surface area contributed by atoms with Gasteiger partial charge >= 0.3 is 5.97 Å². The van der Waals surface area contributed by atoms with Crippen molar-refractivity contribution in [1.29, 1.82) is 0 Å². The van der Waals surface area contributed by atoms with Gasteiger partial charge in [-0.05, 0) is 24.3 Å². The number of carboxylic acids is 1. The molecule has 1 heterocycles. The molecule has 0 bridgehead atoms. The fourth-order valence-corrected chi connectivity index (χ4v) is 2.55.